The van der Waals surface area contributed by atoms with Crippen LogP contribution in [0.3, 0.4) is 0 Å². The summed E-state index contributed by atoms with van der Waals surface area (Å²) in [6.45, 7) is 12.8. The predicted molar refractivity (Wildman–Crippen MR) is 179 cm³/mol. The number of carboxylic acids is 1. The van der Waals surface area contributed by atoms with E-state index in [2.05, 4.69) is 38.0 Å². The molecule has 1 saturated heterocycles. The molecule has 50 heavy (non-hydrogen) atoms. The Balaban J connectivity index is 0.000000396. The number of carbonyl (C=O) groups is 4. The second-order valence-electron chi connectivity index (χ2n) is 11.9. The van der Waals surface area contributed by atoms with Gasteiger partial charge in [0.05, 0.1) is 17.5 Å². The highest BCUT2D eigenvalue weighted by molar-refractivity contribution is 6.48. The molecule has 1 fully saturated rings. The molecule has 2 unspecified atom stereocenters. The molecule has 0 radical (unpaired) electrons. The molecule has 0 saturated carbocycles. The minimum Gasteiger partial charge on any atom is -0.534 e. The van der Waals surface area contributed by atoms with Crippen LogP contribution >= 0.6 is 0 Å². The number of halogens is 3. The number of phenolic OH excluding ortho intramolecular Hbond substituents is 1. The van der Waals surface area contributed by atoms with E-state index >= 15 is 0 Å². The van der Waals surface area contributed by atoms with Crippen LogP contribution in [0.25, 0.3) is 0 Å². The quantitative estimate of drug-likeness (QED) is 0.0952. The van der Waals surface area contributed by atoms with Crippen molar-refractivity contribution in [2.75, 3.05) is 40.3 Å². The number of para-hydroxylation sites is 1. The van der Waals surface area contributed by atoms with Crippen LogP contribution in [-0.2, 0) is 25.5 Å². The van der Waals surface area contributed by atoms with Crippen LogP contribution in [0.15, 0.2) is 36.5 Å². The summed E-state index contributed by atoms with van der Waals surface area (Å²) in [5, 5.41) is 23.7. The molecule has 13 nitrogen and oxygen atoms in total. The van der Waals surface area contributed by atoms with E-state index in [1.54, 1.807) is 24.1 Å². The third-order valence-corrected chi connectivity index (χ3v) is 7.96. The number of piperazine rings is 1. The van der Waals surface area contributed by atoms with Gasteiger partial charge in [-0.1, -0.05) is 45.9 Å². The third kappa shape index (κ3) is 10.6. The van der Waals surface area contributed by atoms with Crippen molar-refractivity contribution in [3.05, 3.63) is 70.7 Å². The van der Waals surface area contributed by atoms with Gasteiger partial charge in [0.2, 0.25) is 12.2 Å². The first-order valence-corrected chi connectivity index (χ1v) is 15.9. The monoisotopic (exact) mass is 707 g/mol. The normalized spacial score (nSPS) is 15.9. The molecule has 2 aliphatic heterocycles. The molecule has 3 amide bonds. The Kier molecular flexibility index (Phi) is 16.1. The van der Waals surface area contributed by atoms with Crippen molar-refractivity contribution in [3.8, 4) is 11.5 Å². The third-order valence-electron chi connectivity index (χ3n) is 7.96. The molecule has 2 aromatic rings. The van der Waals surface area contributed by atoms with Crippen molar-refractivity contribution in [1.82, 2.24) is 20.4 Å². The van der Waals surface area contributed by atoms with E-state index in [1.807, 2.05) is 0 Å². The first-order chi connectivity index (χ1) is 23.6. The molecule has 17 heteroatoms. The smallest absolute Gasteiger partial charge is 0.534 e. The fourth-order valence-electron chi connectivity index (χ4n) is 4.77. The van der Waals surface area contributed by atoms with Gasteiger partial charge in [-0.3, -0.25) is 14.4 Å². The summed E-state index contributed by atoms with van der Waals surface area (Å²) in [5.74, 6) is -7.95. The molecule has 6 N–H and O–H groups in total. The number of likely N-dealkylation sites (N-methyl/N-ethyl adjacent to an activating group) is 1. The van der Waals surface area contributed by atoms with Crippen LogP contribution in [0.1, 0.15) is 61.1 Å². The first-order valence-electron chi connectivity index (χ1n) is 15.9. The number of aromatic hydroxyl groups is 1. The number of amides is 3. The minimum atomic E-state index is -1.81. The number of carbonyl (C=O) groups excluding carboxylic acids is 3. The summed E-state index contributed by atoms with van der Waals surface area (Å²) < 4.78 is 53.0. The van der Waals surface area contributed by atoms with E-state index in [0.717, 1.165) is 12.3 Å². The lowest BCUT2D eigenvalue weighted by Gasteiger charge is -2.33. The standard InChI is InChI=1S/C20H18BF3N2O6.C8H15N3O2.C5H12/c1-9(17(25-8-27)12-7-13(22)18(28)16(24)15(12)23)26-14-6-10-4-3-5-11(20(29)30)19(10)32-21(14)31-2;1-10-5-6-11(4-2-3-9)8(13)7(10)12;1-4-5(2)3/h3-5,7-8,14,17,26,28H,1,6H2,2H3,(H,25,27)(H,29,30);2-6,9H2,1H3;5H,4H2,1-3H3. The van der Waals surface area contributed by atoms with Gasteiger partial charge in [0, 0.05) is 45.1 Å². The topological polar surface area (TPSA) is 184 Å². The van der Waals surface area contributed by atoms with Crippen molar-refractivity contribution < 1.29 is 51.9 Å². The highest BCUT2D eigenvalue weighted by Gasteiger charge is 2.40. The largest absolute Gasteiger partial charge is 0.549 e. The summed E-state index contributed by atoms with van der Waals surface area (Å²) in [6.07, 6.45) is 2.45. The summed E-state index contributed by atoms with van der Waals surface area (Å²) in [5.41, 5.74) is 5.13. The molecule has 2 aromatic carbocycles. The zero-order valence-electron chi connectivity index (χ0n) is 28.8. The van der Waals surface area contributed by atoms with Crippen LogP contribution in [-0.4, -0.2) is 97.6 Å². The van der Waals surface area contributed by atoms with Crippen LogP contribution < -0.4 is 21.0 Å². The number of nitrogens with one attached hydrogen (secondary N) is 2. The second kappa shape index (κ2) is 19.4. The molecule has 2 atom stereocenters. The maximum absolute atomic E-state index is 14.4. The van der Waals surface area contributed by atoms with Gasteiger partial charge in [0.15, 0.2) is 17.4 Å². The molecule has 2 aliphatic rings. The average molecular weight is 708 g/mol. The minimum absolute atomic E-state index is 0.0561. The Hall–Kier alpha value is -4.77. The van der Waals surface area contributed by atoms with Crippen molar-refractivity contribution >= 4 is 31.3 Å². The number of nitrogens with zero attached hydrogens (tertiary/aromatic N) is 2. The molecule has 4 rings (SSSR count). The fraction of sp³-hybridized carbons (Fsp3) is 0.455. The van der Waals surface area contributed by atoms with E-state index in [1.165, 1.54) is 24.5 Å². The van der Waals surface area contributed by atoms with Crippen molar-refractivity contribution in [2.45, 2.75) is 52.0 Å². The average Bonchev–Trinajstić information content (AvgIpc) is 3.09. The van der Waals surface area contributed by atoms with Gasteiger partial charge in [-0.15, -0.1) is 0 Å². The summed E-state index contributed by atoms with van der Waals surface area (Å²) >= 11 is 0. The van der Waals surface area contributed by atoms with Gasteiger partial charge >= 0.3 is 24.9 Å². The highest BCUT2D eigenvalue weighted by atomic mass is 19.2. The van der Waals surface area contributed by atoms with Gasteiger partial charge in [-0.2, -0.15) is 4.39 Å². The zero-order chi connectivity index (χ0) is 37.7. The highest BCUT2D eigenvalue weighted by Crippen LogP contribution is 2.33. The fourth-order valence-corrected chi connectivity index (χ4v) is 4.77. The van der Waals surface area contributed by atoms with Gasteiger partial charge in [-0.05, 0) is 43.0 Å². The summed E-state index contributed by atoms with van der Waals surface area (Å²) in [7, 11) is 1.96. The van der Waals surface area contributed by atoms with Crippen LogP contribution in [0.2, 0.25) is 0 Å². The number of nitrogens with two attached hydrogens (primary N) is 1. The Morgan fingerprint density at radius 1 is 1.22 bits per heavy atom. The SMILES string of the molecule is C=C(NC1Cc2cccc(C(=O)O)c2OB1OC)C(NC=O)c1cc(F)c(O)c(F)c1F.CCC(C)C.CN1CCN(CCCN)C(=O)C1=O. The molecule has 274 valence electrons. The molecule has 0 aliphatic carbocycles. The molecule has 0 bridgehead atoms. The Morgan fingerprint density at radius 2 is 1.88 bits per heavy atom. The summed E-state index contributed by atoms with van der Waals surface area (Å²) in [6, 6.07) is 3.69. The maximum atomic E-state index is 14.4. The number of phenols is 1. The van der Waals surface area contributed by atoms with E-state index in [0.29, 0.717) is 37.8 Å². The number of carboxylic acid groups (broad SMARTS) is 1. The predicted octanol–water partition coefficient (Wildman–Crippen LogP) is 2.76. The van der Waals surface area contributed by atoms with E-state index < -0.39 is 65.6 Å². The van der Waals surface area contributed by atoms with Crippen molar-refractivity contribution in [2.24, 2.45) is 11.7 Å². The molecule has 2 heterocycles. The zero-order valence-corrected chi connectivity index (χ0v) is 28.8. The molecule has 0 aromatic heterocycles. The van der Waals surface area contributed by atoms with Crippen LogP contribution in [0.4, 0.5) is 13.2 Å². The molecular formula is C33H45BF3N5O8. The number of rotatable bonds is 12. The number of hydrogen-bond donors (Lipinski definition) is 5. The van der Waals surface area contributed by atoms with E-state index in [9.17, 15) is 42.6 Å². The van der Waals surface area contributed by atoms with Crippen LogP contribution in [0, 0.1) is 23.4 Å². The molecule has 0 spiro atoms. The number of hydrogen-bond acceptors (Lipinski definition) is 9. The second-order valence-corrected chi connectivity index (χ2v) is 11.9. The maximum Gasteiger partial charge on any atom is 0.549 e. The Bertz CT molecular complexity index is 1530. The summed E-state index contributed by atoms with van der Waals surface area (Å²) in [4.78, 5) is 48.1. The first kappa shape index (κ1) is 41.4. The van der Waals surface area contributed by atoms with Crippen LogP contribution in [0.5, 0.6) is 11.5 Å². The van der Waals surface area contributed by atoms with Gasteiger partial charge < -0.3 is 45.7 Å². The number of aromatic carboxylic acids is 1. The lowest BCUT2D eigenvalue weighted by atomic mass is 9.71. The van der Waals surface area contributed by atoms with E-state index in [-0.39, 0.29) is 29.8 Å². The van der Waals surface area contributed by atoms with Gasteiger partial charge in [0.1, 0.15) is 5.75 Å². The molecular weight excluding hydrogens is 662 g/mol. The Labute approximate surface area is 289 Å². The van der Waals surface area contributed by atoms with E-state index in [4.69, 9.17) is 15.0 Å². The Morgan fingerprint density at radius 3 is 2.44 bits per heavy atom. The van der Waals surface area contributed by atoms with Gasteiger partial charge in [-0.25, -0.2) is 13.6 Å². The van der Waals surface area contributed by atoms with Crippen molar-refractivity contribution in [3.63, 3.8) is 0 Å². The lowest BCUT2D eigenvalue weighted by Crippen LogP contribution is -2.53. The van der Waals surface area contributed by atoms with Crippen molar-refractivity contribution in [1.29, 1.82) is 0 Å². The number of benzene rings is 2. The number of fused-ring (bicyclic) bond motifs is 1. The van der Waals surface area contributed by atoms with Gasteiger partial charge in [0.25, 0.3) is 0 Å². The lowest BCUT2D eigenvalue weighted by molar-refractivity contribution is -0.154.